The second kappa shape index (κ2) is 8.31. The number of amides is 1. The first kappa shape index (κ1) is 18.3. The molecular weight excluding hydrogens is 355 g/mol. The van der Waals surface area contributed by atoms with E-state index in [2.05, 4.69) is 4.98 Å². The Bertz CT molecular complexity index is 962. The summed E-state index contributed by atoms with van der Waals surface area (Å²) in [6.45, 7) is 1.46. The maximum Gasteiger partial charge on any atom is 0.254 e. The number of rotatable bonds is 4. The molecule has 1 aliphatic rings. The molecule has 0 N–H and O–H groups in total. The number of carbonyl (C=O) groups is 1. The van der Waals surface area contributed by atoms with Gasteiger partial charge >= 0.3 is 0 Å². The van der Waals surface area contributed by atoms with Crippen LogP contribution < -0.4 is 0 Å². The zero-order valence-electron chi connectivity index (χ0n) is 15.4. The normalized spacial score (nSPS) is 16.8. The van der Waals surface area contributed by atoms with Gasteiger partial charge in [-0.1, -0.05) is 42.5 Å². The molecule has 1 fully saturated rings. The highest BCUT2D eigenvalue weighted by Crippen LogP contribution is 2.23. The predicted octanol–water partition coefficient (Wildman–Crippen LogP) is 4.03. The molecule has 2 aromatic carbocycles. The van der Waals surface area contributed by atoms with Gasteiger partial charge in [0.05, 0.1) is 18.8 Å². The number of aromatic nitrogens is 1. The van der Waals surface area contributed by atoms with Crippen molar-refractivity contribution in [3.63, 3.8) is 0 Å². The Morgan fingerprint density at radius 1 is 1.04 bits per heavy atom. The molecular formula is C23H21FN2O2. The van der Waals surface area contributed by atoms with E-state index in [1.807, 2.05) is 54.6 Å². The molecule has 1 aromatic heterocycles. The van der Waals surface area contributed by atoms with Crippen molar-refractivity contribution < 1.29 is 13.9 Å². The van der Waals surface area contributed by atoms with Crippen molar-refractivity contribution in [1.82, 2.24) is 9.88 Å². The first-order valence-electron chi connectivity index (χ1n) is 9.36. The highest BCUT2D eigenvalue weighted by Gasteiger charge is 2.27. The third-order valence-electron chi connectivity index (χ3n) is 4.86. The Morgan fingerprint density at radius 3 is 2.64 bits per heavy atom. The molecule has 28 heavy (non-hydrogen) atoms. The van der Waals surface area contributed by atoms with E-state index < -0.39 is 0 Å². The summed E-state index contributed by atoms with van der Waals surface area (Å²) in [4.78, 5) is 19.2. The van der Waals surface area contributed by atoms with E-state index in [-0.39, 0.29) is 17.8 Å². The van der Waals surface area contributed by atoms with Crippen molar-refractivity contribution in [3.8, 4) is 0 Å². The molecule has 3 aromatic rings. The summed E-state index contributed by atoms with van der Waals surface area (Å²) in [5.41, 5.74) is 2.82. The fourth-order valence-electron chi connectivity index (χ4n) is 3.39. The third kappa shape index (κ3) is 4.10. The fourth-order valence-corrected chi connectivity index (χ4v) is 3.39. The lowest BCUT2D eigenvalue weighted by Crippen LogP contribution is -2.42. The summed E-state index contributed by atoms with van der Waals surface area (Å²) in [5.74, 6) is -0.236. The predicted molar refractivity (Wildman–Crippen MR) is 104 cm³/mol. The number of nitrogens with zero attached hydrogens (tertiary/aromatic N) is 2. The van der Waals surface area contributed by atoms with Gasteiger partial charge in [0.1, 0.15) is 11.9 Å². The van der Waals surface area contributed by atoms with Crippen LogP contribution in [0.15, 0.2) is 72.8 Å². The number of halogens is 1. The SMILES string of the molecule is O=C(c1ccccc1)N1CCO[C@H](c2cccc(Cc3ccccc3F)n2)C1. The van der Waals surface area contributed by atoms with Crippen LogP contribution in [-0.4, -0.2) is 35.5 Å². The van der Waals surface area contributed by atoms with Crippen LogP contribution in [0.4, 0.5) is 4.39 Å². The lowest BCUT2D eigenvalue weighted by molar-refractivity contribution is -0.0247. The molecule has 1 amide bonds. The molecule has 1 aliphatic heterocycles. The molecule has 0 bridgehead atoms. The zero-order chi connectivity index (χ0) is 19.3. The summed E-state index contributed by atoms with van der Waals surface area (Å²) in [7, 11) is 0. The van der Waals surface area contributed by atoms with Crippen LogP contribution in [0.25, 0.3) is 0 Å². The summed E-state index contributed by atoms with van der Waals surface area (Å²) < 4.78 is 19.8. The summed E-state index contributed by atoms with van der Waals surface area (Å²) in [6, 6.07) is 21.6. The minimum atomic E-state index is -0.290. The smallest absolute Gasteiger partial charge is 0.254 e. The molecule has 0 radical (unpaired) electrons. The van der Waals surface area contributed by atoms with Crippen LogP contribution in [-0.2, 0) is 11.2 Å². The van der Waals surface area contributed by atoms with E-state index in [1.165, 1.54) is 6.07 Å². The van der Waals surface area contributed by atoms with E-state index in [0.29, 0.717) is 37.2 Å². The summed E-state index contributed by atoms with van der Waals surface area (Å²) in [6.07, 6.45) is 0.127. The molecule has 4 rings (SSSR count). The maximum absolute atomic E-state index is 13.9. The molecule has 142 valence electrons. The van der Waals surface area contributed by atoms with E-state index in [4.69, 9.17) is 4.74 Å². The van der Waals surface area contributed by atoms with E-state index in [0.717, 1.165) is 11.4 Å². The number of benzene rings is 2. The van der Waals surface area contributed by atoms with Crippen molar-refractivity contribution in [2.75, 3.05) is 19.7 Å². The summed E-state index contributed by atoms with van der Waals surface area (Å²) in [5, 5.41) is 0. The Morgan fingerprint density at radius 2 is 1.82 bits per heavy atom. The van der Waals surface area contributed by atoms with Gasteiger partial charge in [-0.2, -0.15) is 0 Å². The van der Waals surface area contributed by atoms with Crippen molar-refractivity contribution in [3.05, 3.63) is 101 Å². The molecule has 0 saturated carbocycles. The van der Waals surface area contributed by atoms with Crippen molar-refractivity contribution in [2.45, 2.75) is 12.5 Å². The van der Waals surface area contributed by atoms with Gasteiger partial charge < -0.3 is 9.64 Å². The Labute approximate surface area is 163 Å². The quantitative estimate of drug-likeness (QED) is 0.691. The van der Waals surface area contributed by atoms with Gasteiger partial charge in [0.2, 0.25) is 0 Å². The minimum Gasteiger partial charge on any atom is -0.368 e. The van der Waals surface area contributed by atoms with Gasteiger partial charge in [-0.3, -0.25) is 9.78 Å². The van der Waals surface area contributed by atoms with Gasteiger partial charge in [0.15, 0.2) is 0 Å². The first-order chi connectivity index (χ1) is 13.7. The maximum atomic E-state index is 13.9. The fraction of sp³-hybridized carbons (Fsp3) is 0.217. The molecule has 2 heterocycles. The van der Waals surface area contributed by atoms with E-state index >= 15 is 0 Å². The lowest BCUT2D eigenvalue weighted by Gasteiger charge is -2.33. The zero-order valence-corrected chi connectivity index (χ0v) is 15.4. The average molecular weight is 376 g/mol. The number of pyridine rings is 1. The Hall–Kier alpha value is -3.05. The molecule has 0 spiro atoms. The van der Waals surface area contributed by atoms with Gasteiger partial charge in [0, 0.05) is 24.2 Å². The topological polar surface area (TPSA) is 42.4 Å². The van der Waals surface area contributed by atoms with Crippen LogP contribution in [0.1, 0.15) is 33.4 Å². The number of hydrogen-bond donors (Lipinski definition) is 0. The van der Waals surface area contributed by atoms with Crippen molar-refractivity contribution in [1.29, 1.82) is 0 Å². The van der Waals surface area contributed by atoms with Gasteiger partial charge in [-0.15, -0.1) is 0 Å². The van der Waals surface area contributed by atoms with Crippen molar-refractivity contribution >= 4 is 5.91 Å². The van der Waals surface area contributed by atoms with Gasteiger partial charge in [-0.05, 0) is 35.9 Å². The van der Waals surface area contributed by atoms with Gasteiger partial charge in [-0.25, -0.2) is 4.39 Å². The number of hydrogen-bond acceptors (Lipinski definition) is 3. The highest BCUT2D eigenvalue weighted by molar-refractivity contribution is 5.94. The molecule has 5 heteroatoms. The second-order valence-corrected chi connectivity index (χ2v) is 6.80. The van der Waals surface area contributed by atoms with Gasteiger partial charge in [0.25, 0.3) is 5.91 Å². The Balaban J connectivity index is 1.49. The third-order valence-corrected chi connectivity index (χ3v) is 4.86. The lowest BCUT2D eigenvalue weighted by atomic mass is 10.1. The molecule has 0 aliphatic carbocycles. The first-order valence-corrected chi connectivity index (χ1v) is 9.36. The highest BCUT2D eigenvalue weighted by atomic mass is 19.1. The summed E-state index contributed by atoms with van der Waals surface area (Å²) >= 11 is 0. The van der Waals surface area contributed by atoms with Crippen LogP contribution in [0, 0.1) is 5.82 Å². The Kier molecular flexibility index (Phi) is 5.44. The van der Waals surface area contributed by atoms with Crippen LogP contribution in [0.5, 0.6) is 0 Å². The van der Waals surface area contributed by atoms with Crippen molar-refractivity contribution in [2.24, 2.45) is 0 Å². The molecule has 0 unspecified atom stereocenters. The molecule has 1 atom stereocenters. The average Bonchev–Trinajstić information content (AvgIpc) is 2.76. The molecule has 1 saturated heterocycles. The minimum absolute atomic E-state index is 0.00332. The van der Waals surface area contributed by atoms with Crippen LogP contribution in [0.2, 0.25) is 0 Å². The monoisotopic (exact) mass is 376 g/mol. The molecule has 4 nitrogen and oxygen atoms in total. The largest absolute Gasteiger partial charge is 0.368 e. The second-order valence-electron chi connectivity index (χ2n) is 6.80. The van der Waals surface area contributed by atoms with E-state index in [1.54, 1.807) is 17.0 Å². The number of carbonyl (C=O) groups excluding carboxylic acids is 1. The van der Waals surface area contributed by atoms with E-state index in [9.17, 15) is 9.18 Å². The number of ether oxygens (including phenoxy) is 1. The standard InChI is InChI=1S/C23H21FN2O2/c24-20-11-5-4-9-18(20)15-19-10-6-12-21(25-19)22-16-26(13-14-28-22)23(27)17-7-2-1-3-8-17/h1-12,22H,13-16H2/t22-/m0/s1. The number of morpholine rings is 1. The van der Waals surface area contributed by atoms with Crippen LogP contribution >= 0.6 is 0 Å². The van der Waals surface area contributed by atoms with Crippen LogP contribution in [0.3, 0.4) is 0 Å².